The number of nitrogens with one attached hydrogen (secondary N) is 1. The van der Waals surface area contributed by atoms with Crippen molar-refractivity contribution < 1.29 is 36.7 Å². The molecule has 1 N–H and O–H groups in total. The third kappa shape index (κ3) is 6.69. The van der Waals surface area contributed by atoms with E-state index in [0.29, 0.717) is 13.0 Å². The van der Waals surface area contributed by atoms with Crippen molar-refractivity contribution in [3.8, 4) is 17.2 Å². The van der Waals surface area contributed by atoms with E-state index in [1.807, 2.05) is 0 Å². The lowest BCUT2D eigenvalue weighted by Gasteiger charge is -2.28. The number of ether oxygens (including phenoxy) is 2. The lowest BCUT2D eigenvalue weighted by atomic mass is 10.0. The Morgan fingerprint density at radius 2 is 1.95 bits per heavy atom. The number of likely N-dealkylation sites (tertiary alicyclic amines) is 1. The van der Waals surface area contributed by atoms with Crippen molar-refractivity contribution in [2.75, 3.05) is 6.54 Å². The van der Waals surface area contributed by atoms with Crippen molar-refractivity contribution in [3.63, 3.8) is 0 Å². The highest BCUT2D eigenvalue weighted by Gasteiger charge is 2.39. The van der Waals surface area contributed by atoms with E-state index in [0.717, 1.165) is 18.4 Å². The number of alkyl halides is 3. The molecule has 2 aliphatic rings. The topological polar surface area (TPSA) is 138 Å². The van der Waals surface area contributed by atoms with Crippen molar-refractivity contribution in [1.29, 1.82) is 0 Å². The molecular formula is C25H28F3N7O5. The lowest BCUT2D eigenvalue weighted by molar-refractivity contribution is -0.274. The zero-order valence-electron chi connectivity index (χ0n) is 22.0. The summed E-state index contributed by atoms with van der Waals surface area (Å²) in [5.74, 6) is -1.40. The SMILES string of the molecule is CC(C)(C)OC(=O)N1CC(NC(=O)c2nnc(-c3cc(OC(F)(F)F)ccc3C3CC3)o2)CC1Cn1ccnn1. The Balaban J connectivity index is 1.31. The van der Waals surface area contributed by atoms with Crippen LogP contribution in [0.4, 0.5) is 18.0 Å². The van der Waals surface area contributed by atoms with Gasteiger partial charge in [-0.1, -0.05) is 11.3 Å². The summed E-state index contributed by atoms with van der Waals surface area (Å²) in [5, 5.41) is 18.3. The zero-order chi connectivity index (χ0) is 28.7. The Hall–Kier alpha value is -4.17. The number of rotatable bonds is 7. The normalized spacial score (nSPS) is 19.5. The van der Waals surface area contributed by atoms with Crippen molar-refractivity contribution in [2.24, 2.45) is 0 Å². The predicted octanol–water partition coefficient (Wildman–Crippen LogP) is 3.91. The maximum absolute atomic E-state index is 13.0. The summed E-state index contributed by atoms with van der Waals surface area (Å²) in [6.07, 6.45) is -0.0442. The quantitative estimate of drug-likeness (QED) is 0.453. The van der Waals surface area contributed by atoms with Gasteiger partial charge >= 0.3 is 24.3 Å². The summed E-state index contributed by atoms with van der Waals surface area (Å²) in [6, 6.07) is 3.16. The Morgan fingerprint density at radius 1 is 1.18 bits per heavy atom. The van der Waals surface area contributed by atoms with Gasteiger partial charge in [0.15, 0.2) is 0 Å². The fraction of sp³-hybridized carbons (Fsp3) is 0.520. The average Bonchev–Trinajstić information content (AvgIpc) is 3.21. The summed E-state index contributed by atoms with van der Waals surface area (Å²) >= 11 is 0. The maximum atomic E-state index is 13.0. The van der Waals surface area contributed by atoms with Crippen molar-refractivity contribution >= 4 is 12.0 Å². The second kappa shape index (κ2) is 10.4. The molecule has 0 spiro atoms. The Labute approximate surface area is 226 Å². The fourth-order valence-electron chi connectivity index (χ4n) is 4.62. The molecule has 0 radical (unpaired) electrons. The highest BCUT2D eigenvalue weighted by atomic mass is 19.4. The molecule has 15 heteroatoms. The Morgan fingerprint density at radius 3 is 2.60 bits per heavy atom. The molecule has 214 valence electrons. The molecule has 1 aliphatic carbocycles. The van der Waals surface area contributed by atoms with Crippen LogP contribution in [0.2, 0.25) is 0 Å². The molecule has 0 bridgehead atoms. The summed E-state index contributed by atoms with van der Waals surface area (Å²) in [5.41, 5.74) is 0.309. The van der Waals surface area contributed by atoms with Crippen molar-refractivity contribution in [3.05, 3.63) is 42.0 Å². The van der Waals surface area contributed by atoms with E-state index >= 15 is 0 Å². The summed E-state index contributed by atoms with van der Waals surface area (Å²) in [6.45, 7) is 5.80. The van der Waals surface area contributed by atoms with Crippen LogP contribution in [-0.2, 0) is 11.3 Å². The molecule has 1 saturated heterocycles. The number of halogens is 3. The molecule has 2 fully saturated rings. The van der Waals surface area contributed by atoms with Crippen LogP contribution < -0.4 is 10.1 Å². The molecule has 2 amide bonds. The van der Waals surface area contributed by atoms with Gasteiger partial charge < -0.3 is 24.1 Å². The molecule has 1 aliphatic heterocycles. The minimum atomic E-state index is -4.86. The first kappa shape index (κ1) is 27.4. The number of benzene rings is 1. The molecule has 12 nitrogen and oxygen atoms in total. The molecule has 5 rings (SSSR count). The molecule has 2 aromatic heterocycles. The van der Waals surface area contributed by atoms with E-state index < -0.39 is 35.8 Å². The van der Waals surface area contributed by atoms with Gasteiger partial charge in [0.2, 0.25) is 5.89 Å². The molecule has 2 atom stereocenters. The van der Waals surface area contributed by atoms with E-state index in [2.05, 4.69) is 30.6 Å². The third-order valence-electron chi connectivity index (χ3n) is 6.37. The smallest absolute Gasteiger partial charge is 0.444 e. The molecule has 1 aromatic carbocycles. The van der Waals surface area contributed by atoms with Gasteiger partial charge in [-0.3, -0.25) is 9.48 Å². The minimum Gasteiger partial charge on any atom is -0.444 e. The molecule has 2 unspecified atom stereocenters. The third-order valence-corrected chi connectivity index (χ3v) is 6.37. The Kier molecular flexibility index (Phi) is 7.14. The summed E-state index contributed by atoms with van der Waals surface area (Å²) < 4.78 is 55.1. The average molecular weight is 564 g/mol. The van der Waals surface area contributed by atoms with Crippen LogP contribution in [0.3, 0.4) is 0 Å². The number of amides is 2. The molecular weight excluding hydrogens is 535 g/mol. The van der Waals surface area contributed by atoms with Crippen LogP contribution in [-0.4, -0.2) is 72.7 Å². The van der Waals surface area contributed by atoms with Gasteiger partial charge in [0.25, 0.3) is 0 Å². The van der Waals surface area contributed by atoms with Gasteiger partial charge in [-0.05, 0) is 63.6 Å². The van der Waals surface area contributed by atoms with Gasteiger partial charge in [0, 0.05) is 24.3 Å². The first-order valence-electron chi connectivity index (χ1n) is 12.7. The molecule has 40 heavy (non-hydrogen) atoms. The van der Waals surface area contributed by atoms with Gasteiger partial charge in [-0.2, -0.15) is 0 Å². The number of carbonyl (C=O) groups excluding carboxylic acids is 2. The highest BCUT2D eigenvalue weighted by Crippen LogP contribution is 2.45. The van der Waals surface area contributed by atoms with Crippen LogP contribution >= 0.6 is 0 Å². The fourth-order valence-corrected chi connectivity index (χ4v) is 4.62. The second-order valence-corrected chi connectivity index (χ2v) is 10.8. The maximum Gasteiger partial charge on any atom is 0.573 e. The number of carbonyl (C=O) groups is 2. The first-order valence-corrected chi connectivity index (χ1v) is 12.7. The van der Waals surface area contributed by atoms with E-state index in [-0.39, 0.29) is 35.8 Å². The van der Waals surface area contributed by atoms with Crippen molar-refractivity contribution in [1.82, 2.24) is 35.4 Å². The zero-order valence-corrected chi connectivity index (χ0v) is 22.0. The Bertz CT molecular complexity index is 1370. The van der Waals surface area contributed by atoms with Gasteiger partial charge in [0.1, 0.15) is 11.4 Å². The number of aromatic nitrogens is 5. The minimum absolute atomic E-state index is 0.0921. The monoisotopic (exact) mass is 563 g/mol. The largest absolute Gasteiger partial charge is 0.573 e. The van der Waals surface area contributed by atoms with Crippen LogP contribution in [0, 0.1) is 0 Å². The van der Waals surface area contributed by atoms with Crippen LogP contribution in [0.25, 0.3) is 11.5 Å². The lowest BCUT2D eigenvalue weighted by Crippen LogP contribution is -2.43. The van der Waals surface area contributed by atoms with Crippen LogP contribution in [0.15, 0.2) is 35.0 Å². The number of hydrogen-bond donors (Lipinski definition) is 1. The first-order chi connectivity index (χ1) is 18.8. The van der Waals surface area contributed by atoms with E-state index in [4.69, 9.17) is 9.15 Å². The van der Waals surface area contributed by atoms with E-state index in [1.54, 1.807) is 31.6 Å². The van der Waals surface area contributed by atoms with E-state index in [9.17, 15) is 22.8 Å². The second-order valence-electron chi connectivity index (χ2n) is 10.8. The van der Waals surface area contributed by atoms with Gasteiger partial charge in [-0.25, -0.2) is 4.79 Å². The predicted molar refractivity (Wildman–Crippen MR) is 131 cm³/mol. The van der Waals surface area contributed by atoms with E-state index in [1.165, 1.54) is 29.3 Å². The molecule has 1 saturated carbocycles. The molecule has 3 heterocycles. The standard InChI is InChI=1S/C25H28F3N7O5/c1-24(2,3)40-23(37)35-12-15(10-16(35)13-34-9-8-29-33-34)30-20(36)22-32-31-21(38-22)19-11-17(39-25(26,27)28)6-7-18(19)14-4-5-14/h6-9,11,14-16H,4-5,10,12-13H2,1-3H3,(H,30,36). The van der Waals surface area contributed by atoms with Crippen LogP contribution in [0.5, 0.6) is 5.75 Å². The number of hydrogen-bond acceptors (Lipinski definition) is 9. The summed E-state index contributed by atoms with van der Waals surface area (Å²) in [4.78, 5) is 27.4. The number of nitrogens with zero attached hydrogens (tertiary/aromatic N) is 6. The van der Waals surface area contributed by atoms with Gasteiger partial charge in [-0.15, -0.1) is 28.5 Å². The molecule has 3 aromatic rings. The summed E-state index contributed by atoms with van der Waals surface area (Å²) in [7, 11) is 0. The highest BCUT2D eigenvalue weighted by molar-refractivity contribution is 5.90. The van der Waals surface area contributed by atoms with Gasteiger partial charge in [0.05, 0.1) is 18.8 Å². The van der Waals surface area contributed by atoms with Crippen molar-refractivity contribution in [2.45, 2.75) is 76.5 Å². The van der Waals surface area contributed by atoms with Crippen LogP contribution in [0.1, 0.15) is 62.2 Å².